The van der Waals surface area contributed by atoms with Crippen molar-refractivity contribution in [3.63, 3.8) is 0 Å². The molecule has 0 bridgehead atoms. The molecular weight excluding hydrogens is 232 g/mol. The molecule has 0 unspecified atom stereocenters. The summed E-state index contributed by atoms with van der Waals surface area (Å²) in [6, 6.07) is 2.83. The van der Waals surface area contributed by atoms with E-state index in [0.29, 0.717) is 18.4 Å². The summed E-state index contributed by atoms with van der Waals surface area (Å²) in [4.78, 5) is 23.0. The first-order valence-corrected chi connectivity index (χ1v) is 6.09. The molecule has 0 radical (unpaired) electrons. The lowest BCUT2D eigenvalue weighted by Gasteiger charge is -2.25. The van der Waals surface area contributed by atoms with Gasteiger partial charge in [0.25, 0.3) is 5.91 Å². The largest absolute Gasteiger partial charge is 0.388 e. The van der Waals surface area contributed by atoms with Crippen LogP contribution in [0.5, 0.6) is 0 Å². The molecule has 18 heavy (non-hydrogen) atoms. The Hall–Kier alpha value is -1.62. The molecule has 100 valence electrons. The van der Waals surface area contributed by atoms with Crippen LogP contribution in [0, 0.1) is 0 Å². The predicted octanol–water partition coefficient (Wildman–Crippen LogP) is 0.666. The average molecular weight is 252 g/mol. The average Bonchev–Trinajstić information content (AvgIpc) is 2.38. The molecule has 1 heterocycles. The van der Waals surface area contributed by atoms with Crippen LogP contribution in [0.3, 0.4) is 0 Å². The van der Waals surface area contributed by atoms with Gasteiger partial charge in [-0.3, -0.25) is 9.59 Å². The monoisotopic (exact) mass is 252 g/mol. The van der Waals surface area contributed by atoms with Crippen molar-refractivity contribution in [2.45, 2.75) is 32.3 Å². The Morgan fingerprint density at radius 1 is 1.39 bits per heavy atom. The van der Waals surface area contributed by atoms with E-state index in [-0.39, 0.29) is 18.0 Å². The number of nitrogens with one attached hydrogen (secondary N) is 1. The van der Waals surface area contributed by atoms with Crippen molar-refractivity contribution < 1.29 is 9.90 Å². The van der Waals surface area contributed by atoms with Crippen LogP contribution in [0.2, 0.25) is 0 Å². The zero-order valence-electron chi connectivity index (χ0n) is 11.1. The number of hydrogen-bond donors (Lipinski definition) is 2. The van der Waals surface area contributed by atoms with Gasteiger partial charge in [0, 0.05) is 25.9 Å². The molecular formula is C13H20N2O3. The van der Waals surface area contributed by atoms with Crippen LogP contribution < -0.4 is 10.9 Å². The van der Waals surface area contributed by atoms with Gasteiger partial charge in [-0.15, -0.1) is 0 Å². The second-order valence-corrected chi connectivity index (χ2v) is 4.48. The number of carbonyl (C=O) groups excluding carboxylic acids is 1. The number of nitrogens with zero attached hydrogens (tertiary/aromatic N) is 1. The van der Waals surface area contributed by atoms with Gasteiger partial charge in [-0.2, -0.15) is 0 Å². The van der Waals surface area contributed by atoms with Gasteiger partial charge in [-0.05, 0) is 18.9 Å². The van der Waals surface area contributed by atoms with Crippen molar-refractivity contribution in [1.29, 1.82) is 0 Å². The van der Waals surface area contributed by atoms with Gasteiger partial charge >= 0.3 is 0 Å². The molecule has 1 aromatic heterocycles. The lowest BCUT2D eigenvalue weighted by atomic mass is 9.97. The highest BCUT2D eigenvalue weighted by Crippen LogP contribution is 2.13. The fourth-order valence-electron chi connectivity index (χ4n) is 1.58. The first-order valence-electron chi connectivity index (χ1n) is 6.09. The van der Waals surface area contributed by atoms with E-state index in [4.69, 9.17) is 0 Å². The van der Waals surface area contributed by atoms with E-state index >= 15 is 0 Å². The van der Waals surface area contributed by atoms with Gasteiger partial charge in [-0.25, -0.2) is 0 Å². The summed E-state index contributed by atoms with van der Waals surface area (Å²) in [7, 11) is 1.59. The van der Waals surface area contributed by atoms with Crippen molar-refractivity contribution >= 4 is 5.91 Å². The Labute approximate surface area is 106 Å². The van der Waals surface area contributed by atoms with Crippen molar-refractivity contribution in [1.82, 2.24) is 9.88 Å². The minimum Gasteiger partial charge on any atom is -0.388 e. The molecule has 1 amide bonds. The lowest BCUT2D eigenvalue weighted by molar-refractivity contribution is 0.0314. The van der Waals surface area contributed by atoms with Gasteiger partial charge in [-0.1, -0.05) is 13.8 Å². The highest BCUT2D eigenvalue weighted by molar-refractivity contribution is 5.93. The summed E-state index contributed by atoms with van der Waals surface area (Å²) in [5, 5.41) is 12.7. The van der Waals surface area contributed by atoms with Gasteiger partial charge in [0.05, 0.1) is 11.2 Å². The highest BCUT2D eigenvalue weighted by atomic mass is 16.3. The summed E-state index contributed by atoms with van der Waals surface area (Å²) in [6.45, 7) is 3.96. The van der Waals surface area contributed by atoms with Crippen LogP contribution in [-0.2, 0) is 7.05 Å². The first kappa shape index (κ1) is 14.4. The third-order valence-electron chi connectivity index (χ3n) is 3.24. The number of aliphatic hydroxyl groups is 1. The van der Waals surface area contributed by atoms with E-state index in [2.05, 4.69) is 5.32 Å². The molecule has 0 saturated carbocycles. The first-order chi connectivity index (χ1) is 8.41. The molecule has 0 spiro atoms. The second kappa shape index (κ2) is 5.82. The SMILES string of the molecule is CCC(O)(CC)CNC(=O)c1ccc(=O)n(C)c1. The van der Waals surface area contributed by atoms with Crippen molar-refractivity contribution in [3.8, 4) is 0 Å². The smallest absolute Gasteiger partial charge is 0.252 e. The zero-order valence-corrected chi connectivity index (χ0v) is 11.1. The molecule has 0 saturated heterocycles. The summed E-state index contributed by atoms with van der Waals surface area (Å²) >= 11 is 0. The number of aryl methyl sites for hydroxylation is 1. The molecule has 0 aliphatic rings. The minimum absolute atomic E-state index is 0.162. The van der Waals surface area contributed by atoms with Crippen LogP contribution in [0.1, 0.15) is 37.0 Å². The third kappa shape index (κ3) is 3.43. The van der Waals surface area contributed by atoms with Crippen LogP contribution in [0.15, 0.2) is 23.1 Å². The molecule has 1 rings (SSSR count). The Bertz CT molecular complexity index is 475. The highest BCUT2D eigenvalue weighted by Gasteiger charge is 2.23. The fraction of sp³-hybridized carbons (Fsp3) is 0.538. The molecule has 0 fully saturated rings. The normalized spacial score (nSPS) is 11.3. The number of aromatic nitrogens is 1. The minimum atomic E-state index is -0.865. The van der Waals surface area contributed by atoms with E-state index in [1.807, 2.05) is 13.8 Å². The van der Waals surface area contributed by atoms with Gasteiger partial charge in [0.2, 0.25) is 5.56 Å². The van der Waals surface area contributed by atoms with Crippen LogP contribution >= 0.6 is 0 Å². The number of rotatable bonds is 5. The summed E-state index contributed by atoms with van der Waals surface area (Å²) in [5.41, 5.74) is -0.618. The maximum Gasteiger partial charge on any atom is 0.252 e. The second-order valence-electron chi connectivity index (χ2n) is 4.48. The van der Waals surface area contributed by atoms with Crippen LogP contribution in [0.4, 0.5) is 0 Å². The van der Waals surface area contributed by atoms with E-state index in [9.17, 15) is 14.7 Å². The molecule has 1 aromatic rings. The Kier molecular flexibility index (Phi) is 4.67. The molecule has 2 N–H and O–H groups in total. The van der Waals surface area contributed by atoms with E-state index in [1.54, 1.807) is 7.05 Å². The van der Waals surface area contributed by atoms with Crippen LogP contribution in [0.25, 0.3) is 0 Å². The number of pyridine rings is 1. The van der Waals surface area contributed by atoms with E-state index < -0.39 is 5.60 Å². The maximum atomic E-state index is 11.8. The van der Waals surface area contributed by atoms with E-state index in [1.165, 1.54) is 22.9 Å². The molecule has 0 aliphatic carbocycles. The van der Waals surface area contributed by atoms with Gasteiger partial charge < -0.3 is 15.0 Å². The fourth-order valence-corrected chi connectivity index (χ4v) is 1.58. The van der Waals surface area contributed by atoms with Gasteiger partial charge in [0.1, 0.15) is 0 Å². The molecule has 5 nitrogen and oxygen atoms in total. The van der Waals surface area contributed by atoms with E-state index in [0.717, 1.165) is 0 Å². The number of carbonyl (C=O) groups is 1. The lowest BCUT2D eigenvalue weighted by Crippen LogP contribution is -2.42. The molecule has 0 aromatic carbocycles. The van der Waals surface area contributed by atoms with Crippen molar-refractivity contribution in [2.75, 3.05) is 6.54 Å². The Morgan fingerprint density at radius 3 is 2.50 bits per heavy atom. The predicted molar refractivity (Wildman–Crippen MR) is 69.5 cm³/mol. The molecule has 0 atom stereocenters. The Morgan fingerprint density at radius 2 is 2.00 bits per heavy atom. The third-order valence-corrected chi connectivity index (χ3v) is 3.24. The van der Waals surface area contributed by atoms with Crippen molar-refractivity contribution in [3.05, 3.63) is 34.2 Å². The summed E-state index contributed by atoms with van der Waals surface area (Å²) in [5.74, 6) is -0.286. The quantitative estimate of drug-likeness (QED) is 0.809. The van der Waals surface area contributed by atoms with Crippen molar-refractivity contribution in [2.24, 2.45) is 7.05 Å². The standard InChI is InChI=1S/C13H20N2O3/c1-4-13(18,5-2)9-14-12(17)10-6-7-11(16)15(3)8-10/h6-8,18H,4-5,9H2,1-3H3,(H,14,17). The summed E-state index contributed by atoms with van der Waals surface area (Å²) < 4.78 is 1.35. The topological polar surface area (TPSA) is 71.3 Å². The zero-order chi connectivity index (χ0) is 13.8. The number of hydrogen-bond acceptors (Lipinski definition) is 3. The van der Waals surface area contributed by atoms with Crippen LogP contribution in [-0.4, -0.2) is 27.7 Å². The molecule has 0 aliphatic heterocycles. The Balaban J connectivity index is 2.71. The maximum absolute atomic E-state index is 11.8. The molecule has 5 heteroatoms. The number of amides is 1. The van der Waals surface area contributed by atoms with Gasteiger partial charge in [0.15, 0.2) is 0 Å². The summed E-state index contributed by atoms with van der Waals surface area (Å²) in [6.07, 6.45) is 2.64.